The molecule has 0 radical (unpaired) electrons. The van der Waals surface area contributed by atoms with Crippen molar-refractivity contribution in [2.75, 3.05) is 12.0 Å². The van der Waals surface area contributed by atoms with Crippen LogP contribution in [0.15, 0.2) is 29.9 Å². The summed E-state index contributed by atoms with van der Waals surface area (Å²) in [6.45, 7) is 1.62. The molecule has 1 aliphatic rings. The number of aliphatic hydroxyl groups is 3. The van der Waals surface area contributed by atoms with Crippen molar-refractivity contribution in [1.29, 1.82) is 0 Å². The maximum Gasteiger partial charge on any atom is 0.177 e. The molecule has 4 rings (SSSR count). The van der Waals surface area contributed by atoms with Crippen molar-refractivity contribution in [3.63, 3.8) is 0 Å². The van der Waals surface area contributed by atoms with Crippen LogP contribution in [0.1, 0.15) is 16.0 Å². The largest absolute Gasteiger partial charge is 0.394 e. The van der Waals surface area contributed by atoms with Crippen molar-refractivity contribution in [1.82, 2.24) is 19.5 Å². The molecule has 0 unspecified atom stereocenters. The van der Waals surface area contributed by atoms with E-state index in [0.717, 1.165) is 4.88 Å². The van der Waals surface area contributed by atoms with Gasteiger partial charge in [-0.15, -0.1) is 11.3 Å². The molecular weight excluding hydrogens is 372 g/mol. The Hall–Kier alpha value is -2.44. The molecular formula is C16H18N6O4S. The Labute approximate surface area is 157 Å². The SMILES string of the molecule is Cc1ccc(/C=N\Nc2ncnc3c2ncn3[C@@H]2O[C@H](CO)[C@@H](O)[C@H]2O)s1. The zero-order chi connectivity index (χ0) is 19.0. The maximum absolute atomic E-state index is 10.2. The van der Waals surface area contributed by atoms with Gasteiger partial charge in [0.05, 0.1) is 19.1 Å². The van der Waals surface area contributed by atoms with E-state index in [1.807, 2.05) is 19.1 Å². The number of anilines is 1. The van der Waals surface area contributed by atoms with Crippen LogP contribution in [0.25, 0.3) is 11.2 Å². The van der Waals surface area contributed by atoms with E-state index >= 15 is 0 Å². The van der Waals surface area contributed by atoms with Gasteiger partial charge >= 0.3 is 0 Å². The first-order valence-corrected chi connectivity index (χ1v) is 9.05. The molecule has 10 nitrogen and oxygen atoms in total. The maximum atomic E-state index is 10.2. The van der Waals surface area contributed by atoms with Crippen LogP contribution < -0.4 is 5.43 Å². The average Bonchev–Trinajstić information content (AvgIpc) is 3.35. The molecule has 1 fully saturated rings. The number of hydrogen-bond donors (Lipinski definition) is 4. The fraction of sp³-hybridized carbons (Fsp3) is 0.375. The van der Waals surface area contributed by atoms with Crippen LogP contribution in [0.5, 0.6) is 0 Å². The number of hydrogen-bond acceptors (Lipinski definition) is 10. The molecule has 0 spiro atoms. The Morgan fingerprint density at radius 1 is 1.30 bits per heavy atom. The van der Waals surface area contributed by atoms with Crippen LogP contribution in [-0.2, 0) is 4.74 Å². The molecule has 0 amide bonds. The number of nitrogens with zero attached hydrogens (tertiary/aromatic N) is 5. The monoisotopic (exact) mass is 390 g/mol. The van der Waals surface area contributed by atoms with Gasteiger partial charge < -0.3 is 20.1 Å². The fourth-order valence-corrected chi connectivity index (χ4v) is 3.66. The van der Waals surface area contributed by atoms with Gasteiger partial charge in [-0.3, -0.25) is 9.99 Å². The first-order chi connectivity index (χ1) is 13.1. The summed E-state index contributed by atoms with van der Waals surface area (Å²) in [5.74, 6) is 0.398. The molecule has 4 N–H and O–H groups in total. The number of rotatable bonds is 5. The lowest BCUT2D eigenvalue weighted by molar-refractivity contribution is -0.0511. The third-order valence-corrected chi connectivity index (χ3v) is 5.21. The van der Waals surface area contributed by atoms with Crippen LogP contribution in [0.3, 0.4) is 0 Å². The van der Waals surface area contributed by atoms with E-state index in [1.54, 1.807) is 17.6 Å². The number of nitrogens with one attached hydrogen (secondary N) is 1. The highest BCUT2D eigenvalue weighted by atomic mass is 32.1. The lowest BCUT2D eigenvalue weighted by atomic mass is 10.1. The number of aromatic nitrogens is 4. The predicted octanol–water partition coefficient (Wildman–Crippen LogP) is 0.254. The molecule has 27 heavy (non-hydrogen) atoms. The molecule has 142 valence electrons. The zero-order valence-electron chi connectivity index (χ0n) is 14.3. The van der Waals surface area contributed by atoms with Gasteiger partial charge in [0, 0.05) is 9.75 Å². The number of imidazole rings is 1. The molecule has 0 bridgehead atoms. The molecule has 3 aromatic heterocycles. The minimum Gasteiger partial charge on any atom is -0.394 e. The van der Waals surface area contributed by atoms with Gasteiger partial charge in [0.1, 0.15) is 24.6 Å². The van der Waals surface area contributed by atoms with Crippen molar-refractivity contribution in [2.45, 2.75) is 31.5 Å². The summed E-state index contributed by atoms with van der Waals surface area (Å²) in [7, 11) is 0. The summed E-state index contributed by atoms with van der Waals surface area (Å²) in [6.07, 6.45) is 0.269. The van der Waals surface area contributed by atoms with Crippen molar-refractivity contribution >= 4 is 34.5 Å². The number of aryl methyl sites for hydroxylation is 1. The Balaban J connectivity index is 1.59. The molecule has 0 saturated carbocycles. The quantitative estimate of drug-likeness (QED) is 0.359. The standard InChI is InChI=1S/C16H18N6O4S/c1-8-2-3-9(27-8)4-20-21-14-11-15(18-6-17-14)22(7-19-11)16-13(25)12(24)10(5-23)26-16/h2-4,6-7,10,12-13,16,23-25H,5H2,1H3,(H,17,18,21)/b20-4-/t10-,12-,13-,16-/m1/s1. The molecule has 4 atom stereocenters. The second-order valence-corrected chi connectivity index (χ2v) is 7.41. The second kappa shape index (κ2) is 7.29. The van der Waals surface area contributed by atoms with E-state index in [2.05, 4.69) is 25.5 Å². The highest BCUT2D eigenvalue weighted by Gasteiger charge is 2.44. The Morgan fingerprint density at radius 2 is 2.15 bits per heavy atom. The van der Waals surface area contributed by atoms with Gasteiger partial charge in [-0.2, -0.15) is 5.10 Å². The summed E-state index contributed by atoms with van der Waals surface area (Å²) < 4.78 is 7.03. The molecule has 0 aromatic carbocycles. The first-order valence-electron chi connectivity index (χ1n) is 8.24. The molecule has 11 heteroatoms. The van der Waals surface area contributed by atoms with E-state index in [9.17, 15) is 15.3 Å². The third-order valence-electron chi connectivity index (χ3n) is 4.27. The number of hydrazone groups is 1. The lowest BCUT2D eigenvalue weighted by Crippen LogP contribution is -2.33. The number of fused-ring (bicyclic) bond motifs is 1. The minimum absolute atomic E-state index is 0.398. The predicted molar refractivity (Wildman–Crippen MR) is 98.6 cm³/mol. The summed E-state index contributed by atoms with van der Waals surface area (Å²) in [4.78, 5) is 14.8. The van der Waals surface area contributed by atoms with Crippen LogP contribution in [0, 0.1) is 6.92 Å². The number of thiophene rings is 1. The topological polar surface area (TPSA) is 138 Å². The summed E-state index contributed by atoms with van der Waals surface area (Å²) in [5, 5.41) is 33.6. The van der Waals surface area contributed by atoms with Crippen LogP contribution in [0.4, 0.5) is 5.82 Å². The Bertz CT molecular complexity index is 973. The number of ether oxygens (including phenoxy) is 1. The van der Waals surface area contributed by atoms with Gasteiger partial charge in [-0.1, -0.05) is 0 Å². The van der Waals surface area contributed by atoms with E-state index in [4.69, 9.17) is 4.74 Å². The molecule has 1 saturated heterocycles. The second-order valence-electron chi connectivity index (χ2n) is 6.09. The molecule has 0 aliphatic carbocycles. The van der Waals surface area contributed by atoms with E-state index in [-0.39, 0.29) is 0 Å². The molecule has 3 aromatic rings. The van der Waals surface area contributed by atoms with E-state index in [1.165, 1.54) is 22.1 Å². The van der Waals surface area contributed by atoms with E-state index < -0.39 is 31.1 Å². The molecule has 1 aliphatic heterocycles. The van der Waals surface area contributed by atoms with Crippen LogP contribution >= 0.6 is 11.3 Å². The van der Waals surface area contributed by atoms with Gasteiger partial charge in [-0.25, -0.2) is 15.0 Å². The van der Waals surface area contributed by atoms with E-state index in [0.29, 0.717) is 17.0 Å². The Morgan fingerprint density at radius 3 is 2.85 bits per heavy atom. The van der Waals surface area contributed by atoms with Crippen molar-refractivity contribution in [3.8, 4) is 0 Å². The Kier molecular flexibility index (Phi) is 4.85. The normalized spacial score (nSPS) is 25.6. The third kappa shape index (κ3) is 3.31. The highest BCUT2D eigenvalue weighted by Crippen LogP contribution is 2.32. The summed E-state index contributed by atoms with van der Waals surface area (Å²) in [6, 6.07) is 3.98. The van der Waals surface area contributed by atoms with Gasteiger partial charge in [-0.05, 0) is 19.1 Å². The average molecular weight is 390 g/mol. The molecule has 4 heterocycles. The summed E-state index contributed by atoms with van der Waals surface area (Å²) >= 11 is 1.62. The number of aliphatic hydroxyl groups excluding tert-OH is 3. The van der Waals surface area contributed by atoms with Gasteiger partial charge in [0.2, 0.25) is 0 Å². The fourth-order valence-electron chi connectivity index (χ4n) is 2.91. The zero-order valence-corrected chi connectivity index (χ0v) is 15.1. The van der Waals surface area contributed by atoms with Crippen LogP contribution in [0.2, 0.25) is 0 Å². The van der Waals surface area contributed by atoms with Crippen molar-refractivity contribution in [3.05, 3.63) is 34.5 Å². The van der Waals surface area contributed by atoms with Crippen LogP contribution in [-0.4, -0.2) is 66.0 Å². The summed E-state index contributed by atoms with van der Waals surface area (Å²) in [5.41, 5.74) is 3.69. The lowest BCUT2D eigenvalue weighted by Gasteiger charge is -2.16. The van der Waals surface area contributed by atoms with Gasteiger partial charge in [0.25, 0.3) is 0 Å². The first kappa shape index (κ1) is 17.9. The van der Waals surface area contributed by atoms with Crippen molar-refractivity contribution < 1.29 is 20.1 Å². The minimum atomic E-state index is -1.22. The van der Waals surface area contributed by atoms with Gasteiger partial charge in [0.15, 0.2) is 23.2 Å². The van der Waals surface area contributed by atoms with Crippen molar-refractivity contribution in [2.24, 2.45) is 5.10 Å². The highest BCUT2D eigenvalue weighted by molar-refractivity contribution is 7.13. The smallest absolute Gasteiger partial charge is 0.177 e.